The molecule has 0 spiro atoms. The number of amides is 1. The summed E-state index contributed by atoms with van der Waals surface area (Å²) >= 11 is 0. The predicted molar refractivity (Wildman–Crippen MR) is 88.5 cm³/mol. The van der Waals surface area contributed by atoms with Crippen LogP contribution < -0.4 is 5.73 Å². The van der Waals surface area contributed by atoms with Crippen LogP contribution in [0.2, 0.25) is 0 Å². The number of carbonyl (C=O) groups excluding carboxylic acids is 1. The number of hydrogen-bond donors (Lipinski definition) is 1. The smallest absolute Gasteiger partial charge is 0.220 e. The van der Waals surface area contributed by atoms with Gasteiger partial charge in [-0.3, -0.25) is 4.79 Å². The molecular formula is C18H37NO. The molecule has 0 aliphatic rings. The summed E-state index contributed by atoms with van der Waals surface area (Å²) in [5, 5.41) is 0. The fourth-order valence-corrected chi connectivity index (χ4v) is 3.10. The summed E-state index contributed by atoms with van der Waals surface area (Å²) in [6, 6.07) is 0. The zero-order valence-electron chi connectivity index (χ0n) is 14.3. The molecule has 120 valence electrons. The molecule has 2 heteroatoms. The number of primary amides is 1. The summed E-state index contributed by atoms with van der Waals surface area (Å²) in [5.74, 6) is 1.38. The molecule has 0 rings (SSSR count). The van der Waals surface area contributed by atoms with Crippen molar-refractivity contribution in [3.63, 3.8) is 0 Å². The Morgan fingerprint density at radius 1 is 0.850 bits per heavy atom. The van der Waals surface area contributed by atoms with Crippen molar-refractivity contribution in [3.05, 3.63) is 0 Å². The predicted octanol–water partition coefficient (Wildman–Crippen LogP) is 5.30. The van der Waals surface area contributed by atoms with Gasteiger partial charge in [-0.15, -0.1) is 0 Å². The molecule has 0 aromatic heterocycles. The SMILES string of the molecule is CCCCC(CC)CC(CC(CC)CCCC)C(N)=O. The molecule has 0 bridgehead atoms. The van der Waals surface area contributed by atoms with Crippen LogP contribution in [0.1, 0.15) is 91.9 Å². The Bertz CT molecular complexity index is 222. The topological polar surface area (TPSA) is 43.1 Å². The number of hydrogen-bond acceptors (Lipinski definition) is 1. The molecule has 0 aliphatic carbocycles. The Balaban J connectivity index is 4.41. The lowest BCUT2D eigenvalue weighted by Crippen LogP contribution is -2.27. The Kier molecular flexibility index (Phi) is 11.9. The second-order valence-corrected chi connectivity index (χ2v) is 6.40. The molecule has 0 fully saturated rings. The van der Waals surface area contributed by atoms with Gasteiger partial charge in [0.1, 0.15) is 0 Å². The normalized spacial score (nSPS) is 15.8. The minimum Gasteiger partial charge on any atom is -0.369 e. The Hall–Kier alpha value is -0.530. The minimum absolute atomic E-state index is 0.0742. The summed E-state index contributed by atoms with van der Waals surface area (Å²) in [7, 11) is 0. The van der Waals surface area contributed by atoms with Crippen molar-refractivity contribution < 1.29 is 4.79 Å². The first-order chi connectivity index (χ1) is 9.58. The Labute approximate surface area is 126 Å². The average molecular weight is 283 g/mol. The van der Waals surface area contributed by atoms with E-state index < -0.39 is 0 Å². The highest BCUT2D eigenvalue weighted by atomic mass is 16.1. The van der Waals surface area contributed by atoms with Gasteiger partial charge in [0.05, 0.1) is 0 Å². The number of unbranched alkanes of at least 4 members (excludes halogenated alkanes) is 2. The maximum absolute atomic E-state index is 11.8. The van der Waals surface area contributed by atoms with Gasteiger partial charge in [-0.05, 0) is 24.7 Å². The Morgan fingerprint density at radius 3 is 1.50 bits per heavy atom. The third kappa shape index (κ3) is 8.60. The highest BCUT2D eigenvalue weighted by Crippen LogP contribution is 2.28. The second kappa shape index (κ2) is 12.2. The summed E-state index contributed by atoms with van der Waals surface area (Å²) in [4.78, 5) is 11.8. The first-order valence-corrected chi connectivity index (χ1v) is 8.88. The van der Waals surface area contributed by atoms with E-state index in [4.69, 9.17) is 5.73 Å². The van der Waals surface area contributed by atoms with Gasteiger partial charge in [0.25, 0.3) is 0 Å². The van der Waals surface area contributed by atoms with Crippen LogP contribution in [-0.4, -0.2) is 5.91 Å². The van der Waals surface area contributed by atoms with Crippen LogP contribution in [0.25, 0.3) is 0 Å². The van der Waals surface area contributed by atoms with E-state index in [-0.39, 0.29) is 11.8 Å². The van der Waals surface area contributed by atoms with Gasteiger partial charge in [-0.1, -0.05) is 79.1 Å². The van der Waals surface area contributed by atoms with Gasteiger partial charge in [0.2, 0.25) is 5.91 Å². The van der Waals surface area contributed by atoms with Crippen molar-refractivity contribution in [1.29, 1.82) is 0 Å². The molecule has 2 N–H and O–H groups in total. The van der Waals surface area contributed by atoms with Crippen molar-refractivity contribution >= 4 is 5.91 Å². The van der Waals surface area contributed by atoms with E-state index in [1.54, 1.807) is 0 Å². The number of carbonyl (C=O) groups is 1. The highest BCUT2D eigenvalue weighted by Gasteiger charge is 2.23. The Morgan fingerprint density at radius 2 is 1.25 bits per heavy atom. The number of rotatable bonds is 13. The molecular weight excluding hydrogens is 246 g/mol. The molecule has 0 aliphatic heterocycles. The third-order valence-corrected chi connectivity index (χ3v) is 4.72. The molecule has 0 aromatic rings. The van der Waals surface area contributed by atoms with Crippen molar-refractivity contribution in [2.45, 2.75) is 91.9 Å². The molecule has 2 atom stereocenters. The molecule has 20 heavy (non-hydrogen) atoms. The maximum atomic E-state index is 11.8. The fraction of sp³-hybridized carbons (Fsp3) is 0.944. The van der Waals surface area contributed by atoms with E-state index in [9.17, 15) is 4.79 Å². The van der Waals surface area contributed by atoms with E-state index in [1.807, 2.05) is 0 Å². The van der Waals surface area contributed by atoms with Crippen LogP contribution in [0.15, 0.2) is 0 Å². The quantitative estimate of drug-likeness (QED) is 0.489. The zero-order valence-corrected chi connectivity index (χ0v) is 14.3. The van der Waals surface area contributed by atoms with Gasteiger partial charge in [0.15, 0.2) is 0 Å². The second-order valence-electron chi connectivity index (χ2n) is 6.40. The summed E-state index contributed by atoms with van der Waals surface area (Å²) in [6.07, 6.45) is 11.9. The van der Waals surface area contributed by atoms with Crippen molar-refractivity contribution in [2.75, 3.05) is 0 Å². The minimum atomic E-state index is -0.0742. The van der Waals surface area contributed by atoms with Crippen molar-refractivity contribution in [1.82, 2.24) is 0 Å². The average Bonchev–Trinajstić information content (AvgIpc) is 2.45. The van der Waals surface area contributed by atoms with E-state index >= 15 is 0 Å². The highest BCUT2D eigenvalue weighted by molar-refractivity contribution is 5.76. The largest absolute Gasteiger partial charge is 0.369 e. The molecule has 0 heterocycles. The van der Waals surface area contributed by atoms with Crippen LogP contribution in [0.5, 0.6) is 0 Å². The first-order valence-electron chi connectivity index (χ1n) is 8.88. The van der Waals surface area contributed by atoms with Gasteiger partial charge in [-0.25, -0.2) is 0 Å². The van der Waals surface area contributed by atoms with Gasteiger partial charge in [0, 0.05) is 5.92 Å². The van der Waals surface area contributed by atoms with E-state index in [1.165, 1.54) is 51.4 Å². The standard InChI is InChI=1S/C18H37NO/c1-5-9-11-15(7-3)13-17(18(19)20)14-16(8-4)12-10-6-2/h15-17H,5-14H2,1-4H3,(H2,19,20). The van der Waals surface area contributed by atoms with E-state index in [2.05, 4.69) is 27.7 Å². The summed E-state index contributed by atoms with van der Waals surface area (Å²) in [6.45, 7) is 8.95. The van der Waals surface area contributed by atoms with Crippen molar-refractivity contribution in [3.8, 4) is 0 Å². The monoisotopic (exact) mass is 283 g/mol. The van der Waals surface area contributed by atoms with Gasteiger partial charge < -0.3 is 5.73 Å². The molecule has 0 saturated heterocycles. The molecule has 0 saturated carbocycles. The number of nitrogens with two attached hydrogens (primary N) is 1. The third-order valence-electron chi connectivity index (χ3n) is 4.72. The summed E-state index contributed by atoms with van der Waals surface area (Å²) in [5.41, 5.74) is 5.66. The first kappa shape index (κ1) is 19.5. The zero-order chi connectivity index (χ0) is 15.4. The van der Waals surface area contributed by atoms with E-state index in [0.717, 1.165) is 12.8 Å². The fourth-order valence-electron chi connectivity index (χ4n) is 3.10. The van der Waals surface area contributed by atoms with Crippen LogP contribution >= 0.6 is 0 Å². The maximum Gasteiger partial charge on any atom is 0.220 e. The lowest BCUT2D eigenvalue weighted by molar-refractivity contribution is -0.123. The molecule has 0 aromatic carbocycles. The lowest BCUT2D eigenvalue weighted by atomic mass is 9.81. The van der Waals surface area contributed by atoms with Crippen LogP contribution in [0.3, 0.4) is 0 Å². The lowest BCUT2D eigenvalue weighted by Gasteiger charge is -2.24. The van der Waals surface area contributed by atoms with Crippen LogP contribution in [0.4, 0.5) is 0 Å². The molecule has 2 unspecified atom stereocenters. The van der Waals surface area contributed by atoms with Gasteiger partial charge >= 0.3 is 0 Å². The molecule has 0 radical (unpaired) electrons. The summed E-state index contributed by atoms with van der Waals surface area (Å²) < 4.78 is 0. The molecule has 1 amide bonds. The van der Waals surface area contributed by atoms with Gasteiger partial charge in [-0.2, -0.15) is 0 Å². The molecule has 2 nitrogen and oxygen atoms in total. The van der Waals surface area contributed by atoms with Crippen LogP contribution in [0, 0.1) is 17.8 Å². The van der Waals surface area contributed by atoms with E-state index in [0.29, 0.717) is 11.8 Å². The van der Waals surface area contributed by atoms with Crippen molar-refractivity contribution in [2.24, 2.45) is 23.5 Å². The van der Waals surface area contributed by atoms with Crippen LogP contribution in [-0.2, 0) is 4.79 Å².